The Morgan fingerprint density at radius 2 is 2.05 bits per heavy atom. The number of halogens is 2. The van der Waals surface area contributed by atoms with Crippen LogP contribution in [-0.2, 0) is 6.54 Å². The van der Waals surface area contributed by atoms with Crippen LogP contribution in [0.5, 0.6) is 0 Å². The predicted octanol–water partition coefficient (Wildman–Crippen LogP) is 2.38. The predicted molar refractivity (Wildman–Crippen MR) is 71.2 cm³/mol. The summed E-state index contributed by atoms with van der Waals surface area (Å²) in [7, 11) is 0. The Hall–Kier alpha value is -2.50. The lowest BCUT2D eigenvalue weighted by Crippen LogP contribution is -2.14. The van der Waals surface area contributed by atoms with E-state index in [4.69, 9.17) is 5.73 Å². The summed E-state index contributed by atoms with van der Waals surface area (Å²) in [4.78, 5) is 15.1. The van der Waals surface area contributed by atoms with Crippen molar-refractivity contribution in [3.8, 4) is 0 Å². The fourth-order valence-electron chi connectivity index (χ4n) is 1.67. The number of amides is 1. The van der Waals surface area contributed by atoms with Gasteiger partial charge in [0.1, 0.15) is 11.6 Å². The number of pyridine rings is 1. The summed E-state index contributed by atoms with van der Waals surface area (Å²) in [5.74, 6) is -2.70. The zero-order valence-corrected chi connectivity index (χ0v) is 10.8. The third-order valence-electron chi connectivity index (χ3n) is 2.78. The van der Waals surface area contributed by atoms with Gasteiger partial charge in [-0.25, -0.2) is 8.78 Å². The van der Waals surface area contributed by atoms with Crippen molar-refractivity contribution in [1.29, 1.82) is 0 Å². The minimum absolute atomic E-state index is 0.0146. The number of aromatic nitrogens is 1. The Morgan fingerprint density at radius 1 is 1.30 bits per heavy atom. The van der Waals surface area contributed by atoms with Gasteiger partial charge in [-0.1, -0.05) is 6.07 Å². The molecule has 0 fully saturated rings. The maximum atomic E-state index is 13.6. The summed E-state index contributed by atoms with van der Waals surface area (Å²) in [6.07, 6.45) is 1.65. The minimum Gasteiger partial charge on any atom is -0.379 e. The zero-order chi connectivity index (χ0) is 14.7. The van der Waals surface area contributed by atoms with E-state index in [0.29, 0.717) is 12.6 Å². The number of carbonyl (C=O) groups excluding carboxylic acids is 1. The van der Waals surface area contributed by atoms with Gasteiger partial charge in [-0.3, -0.25) is 9.78 Å². The monoisotopic (exact) mass is 277 g/mol. The van der Waals surface area contributed by atoms with Crippen molar-refractivity contribution in [2.24, 2.45) is 5.73 Å². The van der Waals surface area contributed by atoms with Crippen molar-refractivity contribution in [1.82, 2.24) is 4.98 Å². The van der Waals surface area contributed by atoms with Crippen molar-refractivity contribution >= 4 is 11.6 Å². The first kappa shape index (κ1) is 13.9. The maximum Gasteiger partial charge on any atom is 0.251 e. The van der Waals surface area contributed by atoms with Gasteiger partial charge in [0.05, 0.1) is 11.3 Å². The molecule has 0 aliphatic heterocycles. The number of carbonyl (C=O) groups is 1. The van der Waals surface area contributed by atoms with Gasteiger partial charge in [0.15, 0.2) is 0 Å². The number of primary amides is 1. The average molecular weight is 277 g/mol. The summed E-state index contributed by atoms with van der Waals surface area (Å²) >= 11 is 0. The summed E-state index contributed by atoms with van der Waals surface area (Å²) in [5.41, 5.74) is 6.39. The highest BCUT2D eigenvalue weighted by Gasteiger charge is 2.13. The normalized spacial score (nSPS) is 10.3. The van der Waals surface area contributed by atoms with Crippen LogP contribution in [-0.4, -0.2) is 10.9 Å². The molecule has 0 spiro atoms. The molecule has 3 N–H and O–H groups in total. The van der Waals surface area contributed by atoms with Crippen molar-refractivity contribution in [2.45, 2.75) is 13.5 Å². The molecule has 1 heterocycles. The number of nitrogens with one attached hydrogen (secondary N) is 1. The van der Waals surface area contributed by atoms with E-state index in [1.165, 1.54) is 0 Å². The van der Waals surface area contributed by atoms with Crippen LogP contribution in [0.1, 0.15) is 21.6 Å². The molecule has 104 valence electrons. The smallest absolute Gasteiger partial charge is 0.251 e. The Bertz CT molecular complexity index is 642. The van der Waals surface area contributed by atoms with Crippen LogP contribution in [0.3, 0.4) is 0 Å². The summed E-state index contributed by atoms with van der Waals surface area (Å²) in [5, 5.41) is 2.78. The average Bonchev–Trinajstić information content (AvgIpc) is 2.39. The number of hydrogen-bond acceptors (Lipinski definition) is 3. The highest BCUT2D eigenvalue weighted by atomic mass is 19.1. The first-order chi connectivity index (χ1) is 9.47. The van der Waals surface area contributed by atoms with Crippen molar-refractivity contribution < 1.29 is 13.6 Å². The van der Waals surface area contributed by atoms with Crippen LogP contribution < -0.4 is 11.1 Å². The molecule has 1 aromatic heterocycles. The molecule has 0 bridgehead atoms. The number of nitrogens with zero attached hydrogens (tertiary/aromatic N) is 1. The molecule has 0 radical (unpaired) electrons. The van der Waals surface area contributed by atoms with E-state index in [1.807, 2.05) is 19.1 Å². The van der Waals surface area contributed by atoms with Gasteiger partial charge < -0.3 is 11.1 Å². The first-order valence-electron chi connectivity index (χ1n) is 5.91. The Kier molecular flexibility index (Phi) is 3.93. The number of aryl methyl sites for hydroxylation is 1. The molecule has 0 aliphatic carbocycles. The highest BCUT2D eigenvalue weighted by molar-refractivity contribution is 5.94. The Morgan fingerprint density at radius 3 is 2.65 bits per heavy atom. The van der Waals surface area contributed by atoms with Crippen LogP contribution in [0.2, 0.25) is 0 Å². The topological polar surface area (TPSA) is 68.0 Å². The van der Waals surface area contributed by atoms with Crippen molar-refractivity contribution in [2.75, 3.05) is 5.32 Å². The summed E-state index contributed by atoms with van der Waals surface area (Å²) in [6, 6.07) is 5.36. The minimum atomic E-state index is -0.974. The number of rotatable bonds is 4. The molecule has 0 aliphatic rings. The lowest BCUT2D eigenvalue weighted by Gasteiger charge is -2.09. The molecule has 2 rings (SSSR count). The molecule has 0 saturated heterocycles. The molecule has 4 nitrogen and oxygen atoms in total. The SMILES string of the molecule is Cc1ccc(CNc2cc(C(N)=O)c(F)cc2F)cn1. The third kappa shape index (κ3) is 3.09. The van der Waals surface area contributed by atoms with Crippen molar-refractivity contribution in [3.05, 3.63) is 58.9 Å². The lowest BCUT2D eigenvalue weighted by molar-refractivity contribution is 0.0996. The molecular formula is C14H13F2N3O. The molecule has 0 atom stereocenters. The molecule has 6 heteroatoms. The van der Waals surface area contributed by atoms with Crippen LogP contribution in [0.15, 0.2) is 30.5 Å². The van der Waals surface area contributed by atoms with Crippen LogP contribution in [0.25, 0.3) is 0 Å². The van der Waals surface area contributed by atoms with Crippen LogP contribution >= 0.6 is 0 Å². The second-order valence-electron chi connectivity index (χ2n) is 4.34. The molecule has 1 aromatic carbocycles. The summed E-state index contributed by atoms with van der Waals surface area (Å²) < 4.78 is 26.9. The fraction of sp³-hybridized carbons (Fsp3) is 0.143. The molecule has 0 unspecified atom stereocenters. The van der Waals surface area contributed by atoms with Gasteiger partial charge in [-0.05, 0) is 24.6 Å². The number of hydrogen-bond donors (Lipinski definition) is 2. The van der Waals surface area contributed by atoms with Gasteiger partial charge in [0.25, 0.3) is 5.91 Å². The largest absolute Gasteiger partial charge is 0.379 e. The van der Waals surface area contributed by atoms with E-state index in [0.717, 1.165) is 17.3 Å². The Balaban J connectivity index is 2.18. The fourth-order valence-corrected chi connectivity index (χ4v) is 1.67. The Labute approximate surface area is 114 Å². The van der Waals surface area contributed by atoms with E-state index in [1.54, 1.807) is 6.20 Å². The van der Waals surface area contributed by atoms with Gasteiger partial charge in [-0.2, -0.15) is 0 Å². The van der Waals surface area contributed by atoms with E-state index in [-0.39, 0.29) is 11.3 Å². The van der Waals surface area contributed by atoms with Crippen LogP contribution in [0.4, 0.5) is 14.5 Å². The van der Waals surface area contributed by atoms with Gasteiger partial charge >= 0.3 is 0 Å². The number of nitrogens with two attached hydrogens (primary N) is 1. The highest BCUT2D eigenvalue weighted by Crippen LogP contribution is 2.20. The number of benzene rings is 1. The second kappa shape index (κ2) is 5.64. The van der Waals surface area contributed by atoms with Gasteiger partial charge in [-0.15, -0.1) is 0 Å². The number of anilines is 1. The van der Waals surface area contributed by atoms with Crippen LogP contribution in [0, 0.1) is 18.6 Å². The molecule has 2 aromatic rings. The van der Waals surface area contributed by atoms with E-state index < -0.39 is 17.5 Å². The standard InChI is InChI=1S/C14H13F2N3O/c1-8-2-3-9(6-18-8)7-19-13-4-10(14(17)20)11(15)5-12(13)16/h2-6,19H,7H2,1H3,(H2,17,20). The first-order valence-corrected chi connectivity index (χ1v) is 5.91. The van der Waals surface area contributed by atoms with E-state index in [2.05, 4.69) is 10.3 Å². The zero-order valence-electron chi connectivity index (χ0n) is 10.8. The summed E-state index contributed by atoms with van der Waals surface area (Å²) in [6.45, 7) is 2.16. The molecule has 20 heavy (non-hydrogen) atoms. The molecular weight excluding hydrogens is 264 g/mol. The van der Waals surface area contributed by atoms with E-state index in [9.17, 15) is 13.6 Å². The second-order valence-corrected chi connectivity index (χ2v) is 4.34. The molecule has 0 saturated carbocycles. The van der Waals surface area contributed by atoms with Gasteiger partial charge in [0, 0.05) is 24.5 Å². The van der Waals surface area contributed by atoms with Gasteiger partial charge in [0.2, 0.25) is 0 Å². The quantitative estimate of drug-likeness (QED) is 0.901. The third-order valence-corrected chi connectivity index (χ3v) is 2.78. The maximum absolute atomic E-state index is 13.6. The molecule has 1 amide bonds. The van der Waals surface area contributed by atoms with Crippen molar-refractivity contribution in [3.63, 3.8) is 0 Å². The lowest BCUT2D eigenvalue weighted by atomic mass is 10.1. The van der Waals surface area contributed by atoms with E-state index >= 15 is 0 Å².